The first-order valence-electron chi connectivity index (χ1n) is 6.17. The van der Waals surface area contributed by atoms with E-state index in [-0.39, 0.29) is 24.0 Å². The zero-order chi connectivity index (χ0) is 12.7. The van der Waals surface area contributed by atoms with Gasteiger partial charge in [0.15, 0.2) is 0 Å². The van der Waals surface area contributed by atoms with Crippen molar-refractivity contribution in [1.29, 1.82) is 0 Å². The smallest absolute Gasteiger partial charge is 0.410 e. The first-order valence-corrected chi connectivity index (χ1v) is 6.17. The van der Waals surface area contributed by atoms with Crippen LogP contribution in [0.1, 0.15) is 33.6 Å². The van der Waals surface area contributed by atoms with E-state index in [1.54, 1.807) is 4.90 Å². The van der Waals surface area contributed by atoms with Gasteiger partial charge in [0, 0.05) is 25.2 Å². The van der Waals surface area contributed by atoms with Crippen LogP contribution in [0.15, 0.2) is 0 Å². The molecule has 0 radical (unpaired) electrons. The molecule has 1 N–H and O–H groups in total. The fraction of sp³-hybridized carbons (Fsp3) is 0.917. The van der Waals surface area contributed by atoms with Gasteiger partial charge in [-0.2, -0.15) is 0 Å². The van der Waals surface area contributed by atoms with Crippen LogP contribution in [0, 0.1) is 0 Å². The Morgan fingerprint density at radius 3 is 2.67 bits per heavy atom. The molecule has 1 amide bonds. The maximum absolute atomic E-state index is 13.2. The number of likely N-dealkylation sites (tertiary alicyclic amines) is 1. The number of alkyl halides is 1. The first kappa shape index (κ1) is 15.5. The van der Waals surface area contributed by atoms with Crippen LogP contribution in [-0.4, -0.2) is 47.9 Å². The minimum Gasteiger partial charge on any atom is -0.444 e. The summed E-state index contributed by atoms with van der Waals surface area (Å²) in [6.07, 6.45) is 0.242. The number of halogens is 2. The summed E-state index contributed by atoms with van der Waals surface area (Å²) in [5.41, 5.74) is -0.686. The van der Waals surface area contributed by atoms with Crippen molar-refractivity contribution in [3.8, 4) is 0 Å². The third-order valence-corrected chi connectivity index (χ3v) is 3.32. The van der Waals surface area contributed by atoms with Crippen molar-refractivity contribution >= 4 is 18.5 Å². The van der Waals surface area contributed by atoms with E-state index >= 15 is 0 Å². The second kappa shape index (κ2) is 5.21. The van der Waals surface area contributed by atoms with Gasteiger partial charge in [0.1, 0.15) is 11.8 Å². The van der Waals surface area contributed by atoms with E-state index in [2.05, 4.69) is 5.32 Å². The largest absolute Gasteiger partial charge is 0.444 e. The number of ether oxygens (including phenoxy) is 1. The van der Waals surface area contributed by atoms with E-state index < -0.39 is 11.8 Å². The number of rotatable bonds is 0. The Kier molecular flexibility index (Phi) is 4.49. The van der Waals surface area contributed by atoms with Crippen molar-refractivity contribution in [1.82, 2.24) is 10.2 Å². The van der Waals surface area contributed by atoms with Gasteiger partial charge >= 0.3 is 6.09 Å². The number of nitrogens with one attached hydrogen (secondary N) is 1. The van der Waals surface area contributed by atoms with E-state index in [0.29, 0.717) is 26.1 Å². The monoisotopic (exact) mass is 280 g/mol. The lowest BCUT2D eigenvalue weighted by atomic mass is 9.96. The van der Waals surface area contributed by atoms with Gasteiger partial charge < -0.3 is 15.0 Å². The Morgan fingerprint density at radius 2 is 2.17 bits per heavy atom. The first-order chi connectivity index (χ1) is 7.80. The highest BCUT2D eigenvalue weighted by Gasteiger charge is 2.46. The molecule has 2 aliphatic rings. The minimum absolute atomic E-state index is 0. The molecule has 0 aliphatic carbocycles. The number of hydrogen-bond donors (Lipinski definition) is 1. The van der Waals surface area contributed by atoms with Crippen LogP contribution in [0.2, 0.25) is 0 Å². The van der Waals surface area contributed by atoms with Crippen molar-refractivity contribution in [2.45, 2.75) is 50.9 Å². The molecule has 2 unspecified atom stereocenters. The lowest BCUT2D eigenvalue weighted by molar-refractivity contribution is 0.0282. The Bertz CT molecular complexity index is 322. The number of hydrogen-bond acceptors (Lipinski definition) is 3. The third-order valence-electron chi connectivity index (χ3n) is 3.32. The van der Waals surface area contributed by atoms with Crippen LogP contribution in [0.5, 0.6) is 0 Å². The highest BCUT2D eigenvalue weighted by atomic mass is 35.5. The molecule has 2 heterocycles. The Hall–Kier alpha value is -0.550. The predicted molar refractivity (Wildman–Crippen MR) is 69.9 cm³/mol. The molecule has 0 aromatic rings. The van der Waals surface area contributed by atoms with Gasteiger partial charge in [0.25, 0.3) is 0 Å². The number of nitrogens with zero attached hydrogens (tertiary/aromatic N) is 1. The van der Waals surface area contributed by atoms with Crippen LogP contribution >= 0.6 is 12.4 Å². The van der Waals surface area contributed by atoms with Crippen LogP contribution < -0.4 is 5.32 Å². The fourth-order valence-electron chi connectivity index (χ4n) is 2.56. The fourth-order valence-corrected chi connectivity index (χ4v) is 2.56. The molecule has 2 rings (SSSR count). The summed E-state index contributed by atoms with van der Waals surface area (Å²) in [6.45, 7) is 7.16. The average molecular weight is 281 g/mol. The van der Waals surface area contributed by atoms with E-state index in [4.69, 9.17) is 4.74 Å². The summed E-state index contributed by atoms with van der Waals surface area (Å²) in [4.78, 5) is 13.5. The van der Waals surface area contributed by atoms with Crippen LogP contribution in [0.4, 0.5) is 9.18 Å². The second-order valence-corrected chi connectivity index (χ2v) is 6.11. The molecule has 6 heteroatoms. The molecule has 4 nitrogen and oxygen atoms in total. The SMILES string of the molecule is CC(C)(C)OC(=O)N1CCC2(CC(F)CN2)C1.Cl. The van der Waals surface area contributed by atoms with Crippen LogP contribution in [0.3, 0.4) is 0 Å². The van der Waals surface area contributed by atoms with Gasteiger partial charge in [-0.25, -0.2) is 9.18 Å². The molecule has 106 valence electrons. The maximum atomic E-state index is 13.2. The van der Waals surface area contributed by atoms with Gasteiger partial charge in [-0.3, -0.25) is 0 Å². The zero-order valence-corrected chi connectivity index (χ0v) is 12.0. The molecule has 0 aromatic heterocycles. The molecule has 0 saturated carbocycles. The van der Waals surface area contributed by atoms with Crippen molar-refractivity contribution in [3.05, 3.63) is 0 Å². The third kappa shape index (κ3) is 3.48. The van der Waals surface area contributed by atoms with Gasteiger partial charge in [-0.15, -0.1) is 12.4 Å². The predicted octanol–water partition coefficient (Wildman–Crippen LogP) is 2.12. The number of carbonyl (C=O) groups is 1. The molecule has 2 saturated heterocycles. The van der Waals surface area contributed by atoms with Crippen LogP contribution in [-0.2, 0) is 4.74 Å². The highest BCUT2D eigenvalue weighted by Crippen LogP contribution is 2.32. The van der Waals surface area contributed by atoms with Gasteiger partial charge in [0.2, 0.25) is 0 Å². The lowest BCUT2D eigenvalue weighted by Crippen LogP contribution is -2.44. The summed E-state index contributed by atoms with van der Waals surface area (Å²) >= 11 is 0. The summed E-state index contributed by atoms with van der Waals surface area (Å²) < 4.78 is 18.5. The Balaban J connectivity index is 0.00000162. The standard InChI is InChI=1S/C12H21FN2O2.ClH/c1-11(2,3)17-10(16)15-5-4-12(8-15)6-9(13)7-14-12;/h9,14H,4-8H2,1-3H3;1H. The summed E-state index contributed by atoms with van der Waals surface area (Å²) in [5.74, 6) is 0. The number of carbonyl (C=O) groups excluding carboxylic acids is 1. The van der Waals surface area contributed by atoms with E-state index in [0.717, 1.165) is 6.42 Å². The van der Waals surface area contributed by atoms with E-state index in [9.17, 15) is 9.18 Å². The molecular weight excluding hydrogens is 259 g/mol. The molecule has 0 bridgehead atoms. The molecule has 0 aromatic carbocycles. The molecule has 1 spiro atoms. The Morgan fingerprint density at radius 1 is 1.50 bits per heavy atom. The molecule has 2 fully saturated rings. The summed E-state index contributed by atoms with van der Waals surface area (Å²) in [7, 11) is 0. The molecule has 2 atom stereocenters. The summed E-state index contributed by atoms with van der Waals surface area (Å²) in [5, 5.41) is 3.20. The van der Waals surface area contributed by atoms with Gasteiger partial charge in [-0.05, 0) is 33.6 Å². The topological polar surface area (TPSA) is 41.6 Å². The van der Waals surface area contributed by atoms with Crippen molar-refractivity contribution in [2.24, 2.45) is 0 Å². The minimum atomic E-state index is -0.784. The quantitative estimate of drug-likeness (QED) is 0.739. The second-order valence-electron chi connectivity index (χ2n) is 6.11. The van der Waals surface area contributed by atoms with Crippen LogP contribution in [0.25, 0.3) is 0 Å². The van der Waals surface area contributed by atoms with E-state index in [1.807, 2.05) is 20.8 Å². The highest BCUT2D eigenvalue weighted by molar-refractivity contribution is 5.85. The van der Waals surface area contributed by atoms with E-state index in [1.165, 1.54) is 0 Å². The molecule has 18 heavy (non-hydrogen) atoms. The van der Waals surface area contributed by atoms with Crippen molar-refractivity contribution in [3.63, 3.8) is 0 Å². The normalized spacial score (nSPS) is 31.6. The molecular formula is C12H22ClFN2O2. The number of amides is 1. The maximum Gasteiger partial charge on any atom is 0.410 e. The zero-order valence-electron chi connectivity index (χ0n) is 11.2. The van der Waals surface area contributed by atoms with Crippen molar-refractivity contribution < 1.29 is 13.9 Å². The summed E-state index contributed by atoms with van der Waals surface area (Å²) in [6, 6.07) is 0. The van der Waals surface area contributed by atoms with Crippen molar-refractivity contribution in [2.75, 3.05) is 19.6 Å². The average Bonchev–Trinajstić information content (AvgIpc) is 2.72. The lowest BCUT2D eigenvalue weighted by Gasteiger charge is -2.26. The Labute approximate surface area is 114 Å². The molecule has 2 aliphatic heterocycles. The van der Waals surface area contributed by atoms with Gasteiger partial charge in [0.05, 0.1) is 0 Å². The van der Waals surface area contributed by atoms with Gasteiger partial charge in [-0.1, -0.05) is 0 Å².